The molecular formula is C5H12N2O. The van der Waals surface area contributed by atoms with Crippen molar-refractivity contribution in [1.82, 2.24) is 10.9 Å². The molecule has 0 aromatic carbocycles. The topological polar surface area (TPSA) is 41.1 Å². The lowest BCUT2D eigenvalue weighted by Crippen LogP contribution is -2.29. The van der Waals surface area contributed by atoms with Gasteiger partial charge in [0.2, 0.25) is 0 Å². The van der Waals surface area contributed by atoms with Crippen LogP contribution in [-0.2, 0) is 4.79 Å². The van der Waals surface area contributed by atoms with E-state index in [0.717, 1.165) is 0 Å². The lowest BCUT2D eigenvalue weighted by Gasteiger charge is -1.96. The van der Waals surface area contributed by atoms with Crippen LogP contribution in [0, 0.1) is 0 Å². The van der Waals surface area contributed by atoms with Gasteiger partial charge in [-0.3, -0.25) is 15.6 Å². The Morgan fingerprint density at radius 3 is 2.62 bits per heavy atom. The van der Waals surface area contributed by atoms with Crippen molar-refractivity contribution in [2.24, 2.45) is 0 Å². The largest absolute Gasteiger partial charge is 0.300 e. The van der Waals surface area contributed by atoms with Gasteiger partial charge in [0, 0.05) is 13.0 Å². The van der Waals surface area contributed by atoms with Gasteiger partial charge < -0.3 is 0 Å². The Hall–Kier alpha value is -0.410. The molecule has 8 heavy (non-hydrogen) atoms. The quantitative estimate of drug-likeness (QED) is 0.391. The van der Waals surface area contributed by atoms with Crippen LogP contribution in [0.3, 0.4) is 0 Å². The number of hydrogen-bond acceptors (Lipinski definition) is 3. The number of carbonyl (C=O) groups excluding carboxylic acids is 1. The van der Waals surface area contributed by atoms with Gasteiger partial charge in [0.25, 0.3) is 0 Å². The third-order valence-corrected chi connectivity index (χ3v) is 0.779. The van der Waals surface area contributed by atoms with Crippen LogP contribution in [0.1, 0.15) is 13.3 Å². The highest BCUT2D eigenvalue weighted by atomic mass is 16.1. The molecule has 2 N–H and O–H groups in total. The molecule has 0 atom stereocenters. The lowest BCUT2D eigenvalue weighted by molar-refractivity contribution is -0.116. The molecule has 0 saturated carbocycles. The normalized spacial score (nSPS) is 9.25. The minimum Gasteiger partial charge on any atom is -0.300 e. The molecule has 0 aliphatic carbocycles. The summed E-state index contributed by atoms with van der Waals surface area (Å²) in [4.78, 5) is 10.3. The zero-order valence-electron chi connectivity index (χ0n) is 5.32. The number of rotatable bonds is 4. The summed E-state index contributed by atoms with van der Waals surface area (Å²) >= 11 is 0. The molecule has 0 fully saturated rings. The molecule has 0 unspecified atom stereocenters. The zero-order chi connectivity index (χ0) is 6.41. The Labute approximate surface area is 49.4 Å². The highest BCUT2D eigenvalue weighted by molar-refractivity contribution is 5.75. The van der Waals surface area contributed by atoms with Crippen molar-refractivity contribution in [3.8, 4) is 0 Å². The molecule has 3 heteroatoms. The molecule has 0 aromatic rings. The van der Waals surface area contributed by atoms with Gasteiger partial charge in [0.05, 0.1) is 0 Å². The summed E-state index contributed by atoms with van der Waals surface area (Å²) < 4.78 is 0. The first-order valence-corrected chi connectivity index (χ1v) is 2.66. The van der Waals surface area contributed by atoms with Crippen LogP contribution in [0.2, 0.25) is 0 Å². The van der Waals surface area contributed by atoms with Crippen molar-refractivity contribution >= 4 is 5.78 Å². The Balaban J connectivity index is 2.82. The van der Waals surface area contributed by atoms with E-state index in [4.69, 9.17) is 0 Å². The van der Waals surface area contributed by atoms with Crippen molar-refractivity contribution in [2.45, 2.75) is 13.3 Å². The third kappa shape index (κ3) is 5.59. The summed E-state index contributed by atoms with van der Waals surface area (Å²) in [6, 6.07) is 0. The van der Waals surface area contributed by atoms with Gasteiger partial charge in [0.15, 0.2) is 0 Å². The fraction of sp³-hybridized carbons (Fsp3) is 0.800. The summed E-state index contributed by atoms with van der Waals surface area (Å²) in [6.45, 7) is 2.29. The van der Waals surface area contributed by atoms with Crippen LogP contribution in [-0.4, -0.2) is 19.4 Å². The fourth-order valence-corrected chi connectivity index (χ4v) is 0.364. The highest BCUT2D eigenvalue weighted by Crippen LogP contribution is 1.74. The van der Waals surface area contributed by atoms with E-state index in [1.54, 1.807) is 14.0 Å². The number of carbonyl (C=O) groups is 1. The monoisotopic (exact) mass is 116 g/mol. The molecule has 0 aliphatic rings. The van der Waals surface area contributed by atoms with Gasteiger partial charge in [-0.25, -0.2) is 0 Å². The summed E-state index contributed by atoms with van der Waals surface area (Å²) in [5.74, 6) is 0.216. The second kappa shape index (κ2) is 4.74. The van der Waals surface area contributed by atoms with Crippen molar-refractivity contribution in [3.63, 3.8) is 0 Å². The van der Waals surface area contributed by atoms with Crippen LogP contribution in [0.25, 0.3) is 0 Å². The first-order valence-electron chi connectivity index (χ1n) is 2.66. The van der Waals surface area contributed by atoms with Crippen LogP contribution in [0.4, 0.5) is 0 Å². The Morgan fingerprint density at radius 1 is 1.62 bits per heavy atom. The van der Waals surface area contributed by atoms with E-state index in [1.165, 1.54) is 0 Å². The van der Waals surface area contributed by atoms with E-state index in [9.17, 15) is 4.79 Å². The molecule has 0 rings (SSSR count). The van der Waals surface area contributed by atoms with Crippen molar-refractivity contribution in [2.75, 3.05) is 13.6 Å². The van der Waals surface area contributed by atoms with Gasteiger partial charge in [-0.2, -0.15) is 0 Å². The van der Waals surface area contributed by atoms with E-state index in [2.05, 4.69) is 10.9 Å². The average Bonchev–Trinajstić information content (AvgIpc) is 1.66. The van der Waals surface area contributed by atoms with E-state index >= 15 is 0 Å². The summed E-state index contributed by atoms with van der Waals surface area (Å²) in [5.41, 5.74) is 5.53. The molecule has 0 spiro atoms. The van der Waals surface area contributed by atoms with E-state index < -0.39 is 0 Å². The maximum Gasteiger partial charge on any atom is 0.131 e. The summed E-state index contributed by atoms with van der Waals surface area (Å²) in [6.07, 6.45) is 0.598. The molecule has 0 aliphatic heterocycles. The Bertz CT molecular complexity index is 72.8. The van der Waals surface area contributed by atoms with Crippen molar-refractivity contribution < 1.29 is 4.79 Å². The molecule has 0 bridgehead atoms. The molecule has 48 valence electrons. The SMILES string of the molecule is CNNCCC(C)=O. The number of Topliss-reactive ketones (excluding diaryl/α,β-unsaturated/α-hetero) is 1. The number of nitrogens with one attached hydrogen (secondary N) is 2. The minimum atomic E-state index is 0.216. The van der Waals surface area contributed by atoms with Crippen LogP contribution < -0.4 is 10.9 Å². The molecular weight excluding hydrogens is 104 g/mol. The minimum absolute atomic E-state index is 0.216. The molecule has 0 radical (unpaired) electrons. The number of hydrazine groups is 1. The predicted molar refractivity (Wildman–Crippen MR) is 32.4 cm³/mol. The standard InChI is InChI=1S/C5H12N2O/c1-5(8)3-4-7-6-2/h6-7H,3-4H2,1-2H3. The zero-order valence-corrected chi connectivity index (χ0v) is 5.32. The van der Waals surface area contributed by atoms with Gasteiger partial charge in [-0.15, -0.1) is 0 Å². The average molecular weight is 116 g/mol. The second-order valence-corrected chi connectivity index (χ2v) is 1.63. The van der Waals surface area contributed by atoms with E-state index in [0.29, 0.717) is 13.0 Å². The smallest absolute Gasteiger partial charge is 0.131 e. The maximum atomic E-state index is 10.3. The first-order chi connectivity index (χ1) is 3.77. The first kappa shape index (κ1) is 7.59. The highest BCUT2D eigenvalue weighted by Gasteiger charge is 1.88. The molecule has 0 saturated heterocycles. The number of hydrogen-bond donors (Lipinski definition) is 2. The number of ketones is 1. The van der Waals surface area contributed by atoms with Crippen molar-refractivity contribution in [1.29, 1.82) is 0 Å². The third-order valence-electron chi connectivity index (χ3n) is 0.779. The lowest BCUT2D eigenvalue weighted by atomic mass is 10.3. The Kier molecular flexibility index (Phi) is 4.50. The van der Waals surface area contributed by atoms with Gasteiger partial charge in [-0.1, -0.05) is 0 Å². The van der Waals surface area contributed by atoms with Crippen molar-refractivity contribution in [3.05, 3.63) is 0 Å². The van der Waals surface area contributed by atoms with E-state index in [1.807, 2.05) is 0 Å². The van der Waals surface area contributed by atoms with E-state index in [-0.39, 0.29) is 5.78 Å². The molecule has 0 aromatic heterocycles. The fourth-order valence-electron chi connectivity index (χ4n) is 0.364. The summed E-state index contributed by atoms with van der Waals surface area (Å²) in [5, 5.41) is 0. The van der Waals surface area contributed by atoms with Crippen LogP contribution >= 0.6 is 0 Å². The van der Waals surface area contributed by atoms with Crippen LogP contribution in [0.15, 0.2) is 0 Å². The molecule has 0 heterocycles. The maximum absolute atomic E-state index is 10.3. The molecule has 0 amide bonds. The van der Waals surface area contributed by atoms with Crippen LogP contribution in [0.5, 0.6) is 0 Å². The van der Waals surface area contributed by atoms with Gasteiger partial charge in [-0.05, 0) is 14.0 Å². The second-order valence-electron chi connectivity index (χ2n) is 1.63. The summed E-state index contributed by atoms with van der Waals surface area (Å²) in [7, 11) is 1.78. The Morgan fingerprint density at radius 2 is 2.25 bits per heavy atom. The predicted octanol–water partition coefficient (Wildman–Crippen LogP) is -0.311. The van der Waals surface area contributed by atoms with Gasteiger partial charge in [0.1, 0.15) is 5.78 Å². The molecule has 3 nitrogen and oxygen atoms in total. The van der Waals surface area contributed by atoms with Gasteiger partial charge >= 0.3 is 0 Å².